The highest BCUT2D eigenvalue weighted by Gasteiger charge is 2.23. The number of benzene rings is 1. The second-order valence-corrected chi connectivity index (χ2v) is 6.05. The summed E-state index contributed by atoms with van der Waals surface area (Å²) in [4.78, 5) is 16.6. The lowest BCUT2D eigenvalue weighted by Gasteiger charge is -2.11. The molecule has 0 aliphatic carbocycles. The van der Waals surface area contributed by atoms with E-state index in [0.29, 0.717) is 35.8 Å². The molecule has 0 aliphatic heterocycles. The third-order valence-electron chi connectivity index (χ3n) is 3.12. The average molecular weight is 303 g/mol. The van der Waals surface area contributed by atoms with E-state index in [-0.39, 0.29) is 17.9 Å². The van der Waals surface area contributed by atoms with Crippen molar-refractivity contribution in [2.24, 2.45) is 0 Å². The monoisotopic (exact) mass is 303 g/mol. The molecule has 2 rings (SSSR count). The molecule has 0 fully saturated rings. The molecule has 1 aromatic heterocycles. The van der Waals surface area contributed by atoms with Crippen LogP contribution >= 0.6 is 0 Å². The molecule has 0 radical (unpaired) electrons. The van der Waals surface area contributed by atoms with Crippen LogP contribution in [0.2, 0.25) is 0 Å². The van der Waals surface area contributed by atoms with Crippen LogP contribution in [0.15, 0.2) is 28.8 Å². The van der Waals surface area contributed by atoms with Crippen LogP contribution in [0.4, 0.5) is 0 Å². The zero-order valence-electron chi connectivity index (χ0n) is 13.1. The van der Waals surface area contributed by atoms with Crippen molar-refractivity contribution >= 4 is 5.91 Å². The normalized spacial score (nSPS) is 11.5. The van der Waals surface area contributed by atoms with Crippen molar-refractivity contribution in [3.8, 4) is 11.5 Å². The Balaban J connectivity index is 2.28. The number of carbonyl (C=O) groups is 1. The minimum atomic E-state index is -0.223. The topological polar surface area (TPSA) is 88.2 Å². The number of nitrogens with one attached hydrogen (secondary N) is 1. The fourth-order valence-corrected chi connectivity index (χ4v) is 1.88. The quantitative estimate of drug-likeness (QED) is 0.826. The van der Waals surface area contributed by atoms with Crippen molar-refractivity contribution in [2.75, 3.05) is 13.2 Å². The second-order valence-electron chi connectivity index (χ2n) is 6.05. The number of nitrogens with zero attached hydrogens (tertiary/aromatic N) is 2. The van der Waals surface area contributed by atoms with Gasteiger partial charge in [-0.15, -0.1) is 0 Å². The van der Waals surface area contributed by atoms with Gasteiger partial charge in [-0.3, -0.25) is 4.79 Å². The van der Waals surface area contributed by atoms with Crippen molar-refractivity contribution in [3.05, 3.63) is 35.7 Å². The molecular formula is C16H21N3O3. The minimum absolute atomic E-state index is 0.0422. The molecule has 1 aromatic carbocycles. The summed E-state index contributed by atoms with van der Waals surface area (Å²) in [5, 5.41) is 15.5. The van der Waals surface area contributed by atoms with E-state index in [0.717, 1.165) is 0 Å². The van der Waals surface area contributed by atoms with Crippen LogP contribution in [-0.4, -0.2) is 34.3 Å². The molecule has 0 aliphatic rings. The fraction of sp³-hybridized carbons (Fsp3) is 0.438. The Bertz CT molecular complexity index is 644. The van der Waals surface area contributed by atoms with Crippen molar-refractivity contribution in [3.63, 3.8) is 0 Å². The maximum Gasteiger partial charge on any atom is 0.258 e. The first-order valence-corrected chi connectivity index (χ1v) is 7.26. The van der Waals surface area contributed by atoms with Crippen molar-refractivity contribution in [1.29, 1.82) is 0 Å². The van der Waals surface area contributed by atoms with Gasteiger partial charge in [-0.1, -0.05) is 38.1 Å². The van der Waals surface area contributed by atoms with Crippen LogP contribution in [0.5, 0.6) is 0 Å². The molecular weight excluding hydrogens is 282 g/mol. The number of aromatic nitrogens is 2. The van der Waals surface area contributed by atoms with Gasteiger partial charge in [0.2, 0.25) is 0 Å². The van der Waals surface area contributed by atoms with E-state index in [4.69, 9.17) is 9.63 Å². The van der Waals surface area contributed by atoms with Crippen molar-refractivity contribution < 1.29 is 14.4 Å². The summed E-state index contributed by atoms with van der Waals surface area (Å²) in [7, 11) is 0. The number of rotatable bonds is 5. The van der Waals surface area contributed by atoms with Crippen LogP contribution in [0.1, 0.15) is 43.4 Å². The molecule has 0 saturated carbocycles. The van der Waals surface area contributed by atoms with Gasteiger partial charge in [0.15, 0.2) is 5.82 Å². The van der Waals surface area contributed by atoms with Gasteiger partial charge in [-0.25, -0.2) is 0 Å². The van der Waals surface area contributed by atoms with E-state index in [2.05, 4.69) is 15.5 Å². The van der Waals surface area contributed by atoms with E-state index in [1.807, 2.05) is 26.8 Å². The van der Waals surface area contributed by atoms with Crippen molar-refractivity contribution in [2.45, 2.75) is 32.6 Å². The molecule has 0 atom stereocenters. The highest BCUT2D eigenvalue weighted by molar-refractivity contribution is 5.99. The maximum absolute atomic E-state index is 12.2. The van der Waals surface area contributed by atoms with Gasteiger partial charge in [-0.2, -0.15) is 4.98 Å². The molecule has 0 bridgehead atoms. The largest absolute Gasteiger partial charge is 0.396 e. The maximum atomic E-state index is 12.2. The SMILES string of the molecule is CC(C)(C)c1noc(-c2ccccc2C(=O)NCCCO)n1. The summed E-state index contributed by atoms with van der Waals surface area (Å²) >= 11 is 0. The number of hydrogen-bond donors (Lipinski definition) is 2. The van der Waals surface area contributed by atoms with E-state index in [1.165, 1.54) is 0 Å². The zero-order chi connectivity index (χ0) is 16.2. The van der Waals surface area contributed by atoms with Gasteiger partial charge in [-0.05, 0) is 18.6 Å². The highest BCUT2D eigenvalue weighted by Crippen LogP contribution is 2.26. The number of aliphatic hydroxyl groups excluding tert-OH is 1. The average Bonchev–Trinajstić information content (AvgIpc) is 2.97. The molecule has 0 spiro atoms. The molecule has 22 heavy (non-hydrogen) atoms. The van der Waals surface area contributed by atoms with Gasteiger partial charge < -0.3 is 14.9 Å². The Morgan fingerprint density at radius 2 is 2.05 bits per heavy atom. The summed E-state index contributed by atoms with van der Waals surface area (Å²) in [5.41, 5.74) is 0.858. The van der Waals surface area contributed by atoms with E-state index >= 15 is 0 Å². The van der Waals surface area contributed by atoms with E-state index < -0.39 is 0 Å². The fourth-order valence-electron chi connectivity index (χ4n) is 1.88. The Hall–Kier alpha value is -2.21. The number of carbonyl (C=O) groups excluding carboxylic acids is 1. The highest BCUT2D eigenvalue weighted by atomic mass is 16.5. The second kappa shape index (κ2) is 6.70. The Labute approximate surface area is 129 Å². The predicted molar refractivity (Wildman–Crippen MR) is 82.5 cm³/mol. The van der Waals surface area contributed by atoms with Crippen LogP contribution in [-0.2, 0) is 5.41 Å². The molecule has 1 heterocycles. The first-order chi connectivity index (χ1) is 10.4. The Morgan fingerprint density at radius 3 is 2.68 bits per heavy atom. The molecule has 2 N–H and O–H groups in total. The zero-order valence-corrected chi connectivity index (χ0v) is 13.1. The standard InChI is InChI=1S/C16H21N3O3/c1-16(2,3)15-18-14(22-19-15)12-8-5-4-7-11(12)13(21)17-9-6-10-20/h4-5,7-8,20H,6,9-10H2,1-3H3,(H,17,21). The third kappa shape index (κ3) is 3.71. The van der Waals surface area contributed by atoms with Crippen LogP contribution < -0.4 is 5.32 Å². The molecule has 0 saturated heterocycles. The summed E-state index contributed by atoms with van der Waals surface area (Å²) in [6.07, 6.45) is 0.517. The van der Waals surface area contributed by atoms with Crippen LogP contribution in [0.3, 0.4) is 0 Å². The smallest absolute Gasteiger partial charge is 0.258 e. The van der Waals surface area contributed by atoms with Gasteiger partial charge in [0.05, 0.1) is 11.1 Å². The lowest BCUT2D eigenvalue weighted by atomic mass is 9.96. The van der Waals surface area contributed by atoms with E-state index in [1.54, 1.807) is 18.2 Å². The van der Waals surface area contributed by atoms with E-state index in [9.17, 15) is 4.79 Å². The molecule has 2 aromatic rings. The Kier molecular flexibility index (Phi) is 4.92. The number of aliphatic hydroxyl groups is 1. The molecule has 1 amide bonds. The summed E-state index contributed by atoms with van der Waals surface area (Å²) in [6, 6.07) is 7.10. The van der Waals surface area contributed by atoms with Crippen LogP contribution in [0, 0.1) is 0 Å². The van der Waals surface area contributed by atoms with Gasteiger partial charge in [0.25, 0.3) is 11.8 Å². The number of amides is 1. The first kappa shape index (κ1) is 16.2. The molecule has 0 unspecified atom stereocenters. The predicted octanol–water partition coefficient (Wildman–Crippen LogP) is 2.15. The lowest BCUT2D eigenvalue weighted by Crippen LogP contribution is -2.25. The minimum Gasteiger partial charge on any atom is -0.396 e. The summed E-state index contributed by atoms with van der Waals surface area (Å²) < 4.78 is 5.31. The first-order valence-electron chi connectivity index (χ1n) is 7.26. The number of hydrogen-bond acceptors (Lipinski definition) is 5. The molecule has 6 heteroatoms. The third-order valence-corrected chi connectivity index (χ3v) is 3.12. The van der Waals surface area contributed by atoms with Crippen LogP contribution in [0.25, 0.3) is 11.5 Å². The van der Waals surface area contributed by atoms with Gasteiger partial charge in [0, 0.05) is 18.6 Å². The van der Waals surface area contributed by atoms with Crippen molar-refractivity contribution in [1.82, 2.24) is 15.5 Å². The molecule has 6 nitrogen and oxygen atoms in total. The summed E-state index contributed by atoms with van der Waals surface area (Å²) in [5.74, 6) is 0.704. The van der Waals surface area contributed by atoms with Gasteiger partial charge >= 0.3 is 0 Å². The Morgan fingerprint density at radius 1 is 1.32 bits per heavy atom. The summed E-state index contributed by atoms with van der Waals surface area (Å²) in [6.45, 7) is 6.45. The van der Waals surface area contributed by atoms with Gasteiger partial charge in [0.1, 0.15) is 0 Å². The lowest BCUT2D eigenvalue weighted by molar-refractivity contribution is 0.0951. The molecule has 118 valence electrons.